The zero-order valence-electron chi connectivity index (χ0n) is 11.4. The van der Waals surface area contributed by atoms with E-state index in [9.17, 15) is 4.79 Å². The first-order valence-corrected chi connectivity index (χ1v) is 7.34. The molecule has 104 valence electrons. The Bertz CT molecular complexity index is 442. The molecule has 4 nitrogen and oxygen atoms in total. The summed E-state index contributed by atoms with van der Waals surface area (Å²) < 4.78 is 1.08. The Morgan fingerprint density at radius 1 is 1.32 bits per heavy atom. The van der Waals surface area contributed by atoms with Crippen molar-refractivity contribution in [3.8, 4) is 0 Å². The first-order valence-electron chi connectivity index (χ1n) is 6.55. The van der Waals surface area contributed by atoms with Gasteiger partial charge in [0.05, 0.1) is 0 Å². The second kappa shape index (κ2) is 6.28. The summed E-state index contributed by atoms with van der Waals surface area (Å²) in [6, 6.07) is 8.68. The van der Waals surface area contributed by atoms with Gasteiger partial charge in [-0.2, -0.15) is 0 Å². The topological polar surface area (TPSA) is 35.6 Å². The van der Waals surface area contributed by atoms with E-state index in [0.717, 1.165) is 36.1 Å². The number of piperidine rings is 1. The molecule has 5 heteroatoms. The van der Waals surface area contributed by atoms with E-state index in [1.165, 1.54) is 0 Å². The number of anilines is 1. The number of urea groups is 1. The van der Waals surface area contributed by atoms with Gasteiger partial charge in [-0.1, -0.05) is 12.1 Å². The average Bonchev–Trinajstić information content (AvgIpc) is 2.41. The number of para-hydroxylation sites is 1. The van der Waals surface area contributed by atoms with Crippen LogP contribution in [0.1, 0.15) is 12.8 Å². The summed E-state index contributed by atoms with van der Waals surface area (Å²) in [6.45, 7) is 1.64. The van der Waals surface area contributed by atoms with Crippen LogP contribution in [-0.2, 0) is 0 Å². The van der Waals surface area contributed by atoms with Crippen LogP contribution in [0.25, 0.3) is 0 Å². The van der Waals surface area contributed by atoms with Crippen molar-refractivity contribution in [3.63, 3.8) is 0 Å². The predicted octanol–water partition coefficient (Wildman–Crippen LogP) is 3.01. The van der Waals surface area contributed by atoms with E-state index in [1.54, 1.807) is 19.0 Å². The number of benzene rings is 1. The van der Waals surface area contributed by atoms with Gasteiger partial charge < -0.3 is 15.1 Å². The lowest BCUT2D eigenvalue weighted by Gasteiger charge is -2.34. The summed E-state index contributed by atoms with van der Waals surface area (Å²) >= 11 is 3.54. The summed E-state index contributed by atoms with van der Waals surface area (Å²) in [5.74, 6) is 0. The van der Waals surface area contributed by atoms with Crippen LogP contribution in [0.3, 0.4) is 0 Å². The van der Waals surface area contributed by atoms with E-state index in [-0.39, 0.29) is 6.03 Å². The molecule has 0 atom stereocenters. The molecule has 0 aromatic heterocycles. The summed E-state index contributed by atoms with van der Waals surface area (Å²) in [7, 11) is 3.60. The number of halogens is 1. The van der Waals surface area contributed by atoms with Gasteiger partial charge in [-0.15, -0.1) is 0 Å². The van der Waals surface area contributed by atoms with Gasteiger partial charge in [0.2, 0.25) is 0 Å². The number of likely N-dealkylation sites (tertiary alicyclic amines) is 1. The Labute approximate surface area is 122 Å². The second-order valence-electron chi connectivity index (χ2n) is 5.06. The van der Waals surface area contributed by atoms with E-state index in [1.807, 2.05) is 23.1 Å². The smallest absolute Gasteiger partial charge is 0.319 e. The van der Waals surface area contributed by atoms with Crippen molar-refractivity contribution in [2.45, 2.75) is 18.9 Å². The number of nitrogens with one attached hydrogen (secondary N) is 1. The molecule has 1 fully saturated rings. The van der Waals surface area contributed by atoms with Gasteiger partial charge >= 0.3 is 6.03 Å². The van der Waals surface area contributed by atoms with Gasteiger partial charge in [0.15, 0.2) is 0 Å². The van der Waals surface area contributed by atoms with Gasteiger partial charge in [-0.25, -0.2) is 4.79 Å². The fraction of sp³-hybridized carbons (Fsp3) is 0.500. The molecule has 1 aromatic rings. The van der Waals surface area contributed by atoms with Gasteiger partial charge in [0.1, 0.15) is 0 Å². The summed E-state index contributed by atoms with van der Waals surface area (Å²) in [5, 5.41) is 3.54. The molecule has 1 aromatic carbocycles. The first kappa shape index (κ1) is 14.2. The summed E-state index contributed by atoms with van der Waals surface area (Å²) in [5.41, 5.74) is 1.12. The van der Waals surface area contributed by atoms with Crippen LogP contribution in [0.15, 0.2) is 28.7 Å². The summed E-state index contributed by atoms with van der Waals surface area (Å²) in [4.78, 5) is 15.4. The maximum Gasteiger partial charge on any atom is 0.319 e. The summed E-state index contributed by atoms with van der Waals surface area (Å²) in [6.07, 6.45) is 1.97. The van der Waals surface area contributed by atoms with Crippen LogP contribution in [0, 0.1) is 0 Å². The maximum absolute atomic E-state index is 11.8. The molecule has 1 heterocycles. The minimum Gasteiger partial charge on any atom is -0.381 e. The van der Waals surface area contributed by atoms with Crippen LogP contribution in [-0.4, -0.2) is 49.1 Å². The van der Waals surface area contributed by atoms with Gasteiger partial charge in [0, 0.05) is 43.4 Å². The molecule has 19 heavy (non-hydrogen) atoms. The largest absolute Gasteiger partial charge is 0.381 e. The van der Waals surface area contributed by atoms with Crippen LogP contribution in [0.5, 0.6) is 0 Å². The SMILES string of the molecule is CN(C)C(=O)N1CCC(Nc2ccccc2Br)CC1. The molecule has 2 amide bonds. The molecule has 0 saturated carbocycles. The molecule has 0 radical (unpaired) electrons. The molecule has 0 spiro atoms. The predicted molar refractivity (Wildman–Crippen MR) is 81.4 cm³/mol. The number of rotatable bonds is 2. The lowest BCUT2D eigenvalue weighted by molar-refractivity contribution is 0.158. The lowest BCUT2D eigenvalue weighted by Crippen LogP contribution is -2.46. The Morgan fingerprint density at radius 2 is 1.95 bits per heavy atom. The highest BCUT2D eigenvalue weighted by Gasteiger charge is 2.23. The zero-order valence-corrected chi connectivity index (χ0v) is 13.0. The normalized spacial score (nSPS) is 16.3. The molecule has 1 aliphatic rings. The first-order chi connectivity index (χ1) is 9.08. The van der Waals surface area contributed by atoms with Gasteiger partial charge in [-0.3, -0.25) is 0 Å². The molecule has 1 N–H and O–H groups in total. The van der Waals surface area contributed by atoms with Crippen molar-refractivity contribution in [1.82, 2.24) is 9.80 Å². The number of nitrogens with zero attached hydrogens (tertiary/aromatic N) is 2. The van der Waals surface area contributed by atoms with Crippen LogP contribution >= 0.6 is 15.9 Å². The Balaban J connectivity index is 1.87. The van der Waals surface area contributed by atoms with Crippen molar-refractivity contribution in [3.05, 3.63) is 28.7 Å². The minimum absolute atomic E-state index is 0.111. The Hall–Kier alpha value is -1.23. The van der Waals surface area contributed by atoms with Crippen LogP contribution in [0.2, 0.25) is 0 Å². The number of carbonyl (C=O) groups is 1. The van der Waals surface area contributed by atoms with Crippen LogP contribution in [0.4, 0.5) is 10.5 Å². The molecular weight excluding hydrogens is 306 g/mol. The highest BCUT2D eigenvalue weighted by atomic mass is 79.9. The molecule has 1 saturated heterocycles. The van der Waals surface area contributed by atoms with E-state index in [2.05, 4.69) is 27.3 Å². The van der Waals surface area contributed by atoms with Crippen molar-refractivity contribution in [2.24, 2.45) is 0 Å². The quantitative estimate of drug-likeness (QED) is 0.907. The fourth-order valence-electron chi connectivity index (χ4n) is 2.30. The molecule has 0 bridgehead atoms. The van der Waals surface area contributed by atoms with Crippen molar-refractivity contribution in [1.29, 1.82) is 0 Å². The zero-order chi connectivity index (χ0) is 13.8. The molecule has 2 rings (SSSR count). The third-order valence-corrected chi connectivity index (χ3v) is 4.07. The van der Waals surface area contributed by atoms with E-state index >= 15 is 0 Å². The highest BCUT2D eigenvalue weighted by molar-refractivity contribution is 9.10. The highest BCUT2D eigenvalue weighted by Crippen LogP contribution is 2.24. The standard InChI is InChI=1S/C14H20BrN3O/c1-17(2)14(19)18-9-7-11(8-10-18)16-13-6-4-3-5-12(13)15/h3-6,11,16H,7-10H2,1-2H3. The third kappa shape index (κ3) is 3.62. The lowest BCUT2D eigenvalue weighted by atomic mass is 10.0. The second-order valence-corrected chi connectivity index (χ2v) is 5.92. The van der Waals surface area contributed by atoms with Crippen molar-refractivity contribution in [2.75, 3.05) is 32.5 Å². The number of carbonyl (C=O) groups excluding carboxylic acids is 1. The minimum atomic E-state index is 0.111. The van der Waals surface area contributed by atoms with Crippen molar-refractivity contribution >= 4 is 27.6 Å². The number of hydrogen-bond donors (Lipinski definition) is 1. The molecule has 0 aliphatic carbocycles. The molecule has 1 aliphatic heterocycles. The average molecular weight is 326 g/mol. The van der Waals surface area contributed by atoms with E-state index in [0.29, 0.717) is 6.04 Å². The Morgan fingerprint density at radius 3 is 2.53 bits per heavy atom. The maximum atomic E-state index is 11.8. The Kier molecular flexibility index (Phi) is 4.69. The number of amides is 2. The van der Waals surface area contributed by atoms with Gasteiger partial charge in [-0.05, 0) is 40.9 Å². The van der Waals surface area contributed by atoms with Gasteiger partial charge in [0.25, 0.3) is 0 Å². The molecular formula is C14H20BrN3O. The molecule has 0 unspecified atom stereocenters. The fourth-order valence-corrected chi connectivity index (χ4v) is 2.70. The number of hydrogen-bond acceptors (Lipinski definition) is 2. The van der Waals surface area contributed by atoms with Crippen LogP contribution < -0.4 is 5.32 Å². The van der Waals surface area contributed by atoms with E-state index < -0.39 is 0 Å². The van der Waals surface area contributed by atoms with Crippen molar-refractivity contribution < 1.29 is 4.79 Å². The monoisotopic (exact) mass is 325 g/mol. The van der Waals surface area contributed by atoms with E-state index in [4.69, 9.17) is 0 Å². The third-order valence-electron chi connectivity index (χ3n) is 3.38.